The number of benzene rings is 1. The van der Waals surface area contributed by atoms with Gasteiger partial charge >= 0.3 is 6.03 Å². The van der Waals surface area contributed by atoms with Crippen LogP contribution in [0.5, 0.6) is 0 Å². The van der Waals surface area contributed by atoms with Crippen molar-refractivity contribution in [3.8, 4) is 0 Å². The van der Waals surface area contributed by atoms with Gasteiger partial charge in [0.1, 0.15) is 5.82 Å². The Labute approximate surface area is 108 Å². The van der Waals surface area contributed by atoms with Gasteiger partial charge in [-0.3, -0.25) is 0 Å². The minimum atomic E-state index is -1.44. The second-order valence-corrected chi connectivity index (χ2v) is 4.29. The van der Waals surface area contributed by atoms with Crippen LogP contribution in [-0.4, -0.2) is 40.7 Å². The van der Waals surface area contributed by atoms with E-state index in [0.29, 0.717) is 0 Å². The maximum Gasteiger partial charge on any atom is 0.322 e. The fourth-order valence-corrected chi connectivity index (χ4v) is 2.01. The lowest BCUT2D eigenvalue weighted by Crippen LogP contribution is -2.48. The van der Waals surface area contributed by atoms with Crippen LogP contribution in [0.1, 0.15) is 6.42 Å². The van der Waals surface area contributed by atoms with E-state index in [-0.39, 0.29) is 18.7 Å². The Morgan fingerprint density at radius 2 is 2.11 bits per heavy atom. The van der Waals surface area contributed by atoms with E-state index < -0.39 is 30.0 Å². The molecule has 0 aromatic heterocycles. The summed E-state index contributed by atoms with van der Waals surface area (Å²) in [5, 5.41) is 22.5. The summed E-state index contributed by atoms with van der Waals surface area (Å²) in [5.41, 5.74) is -0.0500. The molecule has 2 N–H and O–H groups in total. The average molecular weight is 267 g/mol. The summed E-state index contributed by atoms with van der Waals surface area (Å²) < 4.78 is 13.4. The fraction of sp³-hybridized carbons (Fsp3) is 0.333. The zero-order valence-corrected chi connectivity index (χ0v) is 9.88. The third-order valence-electron chi connectivity index (χ3n) is 2.93. The lowest BCUT2D eigenvalue weighted by molar-refractivity contribution is -0.310. The summed E-state index contributed by atoms with van der Waals surface area (Å²) in [6.07, 6.45) is -1.01. The van der Waals surface area contributed by atoms with Crippen molar-refractivity contribution in [2.24, 2.45) is 0 Å². The first-order valence-electron chi connectivity index (χ1n) is 5.70. The number of amides is 2. The van der Waals surface area contributed by atoms with Crippen LogP contribution in [0, 0.1) is 5.82 Å². The summed E-state index contributed by atoms with van der Waals surface area (Å²) in [6.45, 7) is -0.126. The van der Waals surface area contributed by atoms with Crippen LogP contribution in [0.4, 0.5) is 14.9 Å². The molecule has 0 spiro atoms. The lowest BCUT2D eigenvalue weighted by atomic mass is 10.2. The van der Waals surface area contributed by atoms with Gasteiger partial charge in [-0.15, -0.1) is 0 Å². The third kappa shape index (κ3) is 2.82. The number of carboxylic acids is 1. The fourth-order valence-electron chi connectivity index (χ4n) is 2.01. The molecule has 0 unspecified atom stereocenters. The van der Waals surface area contributed by atoms with Gasteiger partial charge < -0.3 is 25.2 Å². The Morgan fingerprint density at radius 1 is 1.42 bits per heavy atom. The van der Waals surface area contributed by atoms with Crippen molar-refractivity contribution in [2.45, 2.75) is 18.6 Å². The molecule has 0 radical (unpaired) electrons. The number of hydrogen-bond acceptors (Lipinski definition) is 4. The van der Waals surface area contributed by atoms with Gasteiger partial charge in [-0.2, -0.15) is 0 Å². The van der Waals surface area contributed by atoms with E-state index in [1.807, 2.05) is 0 Å². The lowest BCUT2D eigenvalue weighted by Gasteiger charge is -2.25. The Bertz CT molecular complexity index is 508. The van der Waals surface area contributed by atoms with E-state index in [0.717, 1.165) is 4.90 Å². The predicted octanol–water partition coefficient (Wildman–Crippen LogP) is -0.457. The quantitative estimate of drug-likeness (QED) is 0.758. The van der Waals surface area contributed by atoms with E-state index in [1.54, 1.807) is 0 Å². The molecule has 102 valence electrons. The van der Waals surface area contributed by atoms with Crippen molar-refractivity contribution >= 4 is 17.7 Å². The SMILES string of the molecule is O=C([O-])[C@@H]1C[C@@H](O)CN1C(=O)Nc1ccccc1F. The van der Waals surface area contributed by atoms with Crippen LogP contribution < -0.4 is 10.4 Å². The number of rotatable bonds is 2. The van der Waals surface area contributed by atoms with Crippen molar-refractivity contribution in [2.75, 3.05) is 11.9 Å². The number of likely N-dealkylation sites (tertiary alicyclic amines) is 1. The predicted molar refractivity (Wildman–Crippen MR) is 61.5 cm³/mol. The summed E-state index contributed by atoms with van der Waals surface area (Å²) in [6, 6.07) is 3.54. The topological polar surface area (TPSA) is 92.7 Å². The number of carbonyl (C=O) groups is 2. The minimum absolute atomic E-state index is 0.0500. The average Bonchev–Trinajstić information content (AvgIpc) is 2.74. The second kappa shape index (κ2) is 5.23. The molecule has 1 saturated heterocycles. The Morgan fingerprint density at radius 3 is 2.74 bits per heavy atom. The first-order chi connectivity index (χ1) is 8.99. The molecule has 2 amide bonds. The van der Waals surface area contributed by atoms with Crippen molar-refractivity contribution in [3.63, 3.8) is 0 Å². The molecule has 19 heavy (non-hydrogen) atoms. The Hall–Kier alpha value is -2.15. The van der Waals surface area contributed by atoms with Crippen molar-refractivity contribution in [1.29, 1.82) is 0 Å². The van der Waals surface area contributed by atoms with Crippen LogP contribution in [0.3, 0.4) is 0 Å². The number of nitrogens with zero attached hydrogens (tertiary/aromatic N) is 1. The smallest absolute Gasteiger partial charge is 0.322 e. The van der Waals surface area contributed by atoms with Gasteiger partial charge in [0, 0.05) is 13.0 Å². The molecule has 0 saturated carbocycles. The van der Waals surface area contributed by atoms with Gasteiger partial charge in [-0.25, -0.2) is 9.18 Å². The molecule has 7 heteroatoms. The first kappa shape index (κ1) is 13.3. The number of carbonyl (C=O) groups excluding carboxylic acids is 2. The molecule has 1 aromatic rings. The number of carboxylic acid groups (broad SMARTS) is 1. The number of aliphatic hydroxyl groups is 1. The molecule has 2 rings (SSSR count). The highest BCUT2D eigenvalue weighted by Crippen LogP contribution is 2.20. The van der Waals surface area contributed by atoms with Gasteiger partial charge in [0.25, 0.3) is 0 Å². The molecule has 1 aliphatic rings. The zero-order valence-electron chi connectivity index (χ0n) is 9.88. The first-order valence-corrected chi connectivity index (χ1v) is 5.70. The summed E-state index contributed by atoms with van der Waals surface area (Å²) in [7, 11) is 0. The number of para-hydroxylation sites is 1. The third-order valence-corrected chi connectivity index (χ3v) is 2.93. The second-order valence-electron chi connectivity index (χ2n) is 4.29. The van der Waals surface area contributed by atoms with Crippen LogP contribution in [-0.2, 0) is 4.79 Å². The van der Waals surface area contributed by atoms with Gasteiger partial charge in [-0.05, 0) is 12.1 Å². The van der Waals surface area contributed by atoms with E-state index in [4.69, 9.17) is 0 Å². The number of nitrogens with one attached hydrogen (secondary N) is 1. The maximum absolute atomic E-state index is 13.4. The van der Waals surface area contributed by atoms with Gasteiger partial charge in [0.2, 0.25) is 0 Å². The molecule has 1 fully saturated rings. The number of anilines is 1. The monoisotopic (exact) mass is 267 g/mol. The number of halogens is 1. The summed E-state index contributed by atoms with van der Waals surface area (Å²) >= 11 is 0. The van der Waals surface area contributed by atoms with Crippen LogP contribution in [0.25, 0.3) is 0 Å². The molecule has 1 aromatic carbocycles. The van der Waals surface area contributed by atoms with Crippen molar-refractivity contribution in [1.82, 2.24) is 4.90 Å². The number of hydrogen-bond donors (Lipinski definition) is 2. The van der Waals surface area contributed by atoms with E-state index >= 15 is 0 Å². The molecular formula is C12H12FN2O4-. The van der Waals surface area contributed by atoms with Gasteiger partial charge in [0.15, 0.2) is 0 Å². The number of aliphatic carboxylic acids is 1. The molecule has 1 heterocycles. The summed E-state index contributed by atoms with van der Waals surface area (Å²) in [5.74, 6) is -2.07. The Kier molecular flexibility index (Phi) is 3.66. The Balaban J connectivity index is 2.11. The highest BCUT2D eigenvalue weighted by atomic mass is 19.1. The van der Waals surface area contributed by atoms with E-state index in [1.165, 1.54) is 24.3 Å². The summed E-state index contributed by atoms with van der Waals surface area (Å²) in [4.78, 5) is 23.7. The van der Waals surface area contributed by atoms with Crippen LogP contribution in [0.2, 0.25) is 0 Å². The molecule has 0 bridgehead atoms. The van der Waals surface area contributed by atoms with E-state index in [2.05, 4.69) is 5.32 Å². The van der Waals surface area contributed by atoms with Crippen LogP contribution in [0.15, 0.2) is 24.3 Å². The number of aliphatic hydroxyl groups excluding tert-OH is 1. The molecule has 0 aliphatic carbocycles. The maximum atomic E-state index is 13.4. The number of urea groups is 1. The van der Waals surface area contributed by atoms with E-state index in [9.17, 15) is 24.2 Å². The molecule has 1 aliphatic heterocycles. The molecule has 2 atom stereocenters. The highest BCUT2D eigenvalue weighted by molar-refractivity contribution is 5.92. The standard InChI is InChI=1S/C12H13FN2O4/c13-8-3-1-2-4-9(8)14-12(19)15-6-7(16)5-10(15)11(17)18/h1-4,7,10,16H,5-6H2,(H,14,19)(H,17,18)/p-1/t7-,10+/m1/s1. The van der Waals surface area contributed by atoms with Crippen molar-refractivity contribution < 1.29 is 24.2 Å². The van der Waals surface area contributed by atoms with Crippen LogP contribution >= 0.6 is 0 Å². The highest BCUT2D eigenvalue weighted by Gasteiger charge is 2.35. The largest absolute Gasteiger partial charge is 0.548 e. The number of β-amino-alcohol motifs (C(OH)–C–C–N with tert-alkyl or cyclic N) is 1. The molecule has 6 nitrogen and oxygen atoms in total. The van der Waals surface area contributed by atoms with Gasteiger partial charge in [-0.1, -0.05) is 12.1 Å². The molecular weight excluding hydrogens is 255 g/mol. The minimum Gasteiger partial charge on any atom is -0.548 e. The van der Waals surface area contributed by atoms with Crippen molar-refractivity contribution in [3.05, 3.63) is 30.1 Å². The normalized spacial score (nSPS) is 22.3. The van der Waals surface area contributed by atoms with Gasteiger partial charge in [0.05, 0.1) is 23.8 Å². The zero-order chi connectivity index (χ0) is 14.0.